The maximum absolute atomic E-state index is 13.2. The Labute approximate surface area is 131 Å². The van der Waals surface area contributed by atoms with E-state index in [0.717, 1.165) is 11.1 Å². The van der Waals surface area contributed by atoms with Crippen LogP contribution in [-0.4, -0.2) is 5.91 Å². The number of amides is 1. The van der Waals surface area contributed by atoms with Crippen LogP contribution >= 0.6 is 15.9 Å². The third-order valence-electron chi connectivity index (χ3n) is 3.27. The predicted molar refractivity (Wildman–Crippen MR) is 84.3 cm³/mol. The topological polar surface area (TPSA) is 55.1 Å². The molecular weight excluding hydrogens is 335 g/mol. The molecule has 0 fully saturated rings. The van der Waals surface area contributed by atoms with Gasteiger partial charge in [0.2, 0.25) is 5.91 Å². The maximum atomic E-state index is 13.2. The zero-order valence-corrected chi connectivity index (χ0v) is 13.2. The highest BCUT2D eigenvalue weighted by molar-refractivity contribution is 9.10. The average molecular weight is 351 g/mol. The van der Waals surface area contributed by atoms with E-state index in [4.69, 9.17) is 5.73 Å². The molecule has 2 aromatic rings. The van der Waals surface area contributed by atoms with Gasteiger partial charge in [-0.25, -0.2) is 4.39 Å². The summed E-state index contributed by atoms with van der Waals surface area (Å²) in [6.45, 7) is 2.59. The van der Waals surface area contributed by atoms with Crippen molar-refractivity contribution in [1.82, 2.24) is 5.32 Å². The number of hydrogen-bond acceptors (Lipinski definition) is 2. The lowest BCUT2D eigenvalue weighted by molar-refractivity contribution is 0.1000. The summed E-state index contributed by atoms with van der Waals surface area (Å²) in [6, 6.07) is 12.2. The quantitative estimate of drug-likeness (QED) is 0.866. The predicted octanol–water partition coefficient (Wildman–Crippen LogP) is 3.54. The van der Waals surface area contributed by atoms with Crippen LogP contribution in [0.25, 0.3) is 0 Å². The first-order valence-corrected chi connectivity index (χ1v) is 7.33. The van der Waals surface area contributed by atoms with Gasteiger partial charge in [0.05, 0.1) is 4.47 Å². The monoisotopic (exact) mass is 350 g/mol. The molecule has 2 rings (SSSR count). The van der Waals surface area contributed by atoms with Gasteiger partial charge in [-0.05, 0) is 58.2 Å². The van der Waals surface area contributed by atoms with Crippen LogP contribution in [0.3, 0.4) is 0 Å². The minimum atomic E-state index is -0.438. The van der Waals surface area contributed by atoms with Crippen molar-refractivity contribution in [3.8, 4) is 0 Å². The highest BCUT2D eigenvalue weighted by Crippen LogP contribution is 2.21. The van der Waals surface area contributed by atoms with Gasteiger partial charge in [0, 0.05) is 18.2 Å². The van der Waals surface area contributed by atoms with Gasteiger partial charge in [-0.1, -0.05) is 18.2 Å². The molecule has 1 atom stereocenters. The number of hydrogen-bond donors (Lipinski definition) is 2. The smallest absolute Gasteiger partial charge is 0.248 e. The first kappa shape index (κ1) is 15.7. The number of carbonyl (C=O) groups is 1. The molecule has 3 nitrogen and oxygen atoms in total. The van der Waals surface area contributed by atoms with Crippen molar-refractivity contribution >= 4 is 21.8 Å². The van der Waals surface area contributed by atoms with Crippen molar-refractivity contribution in [1.29, 1.82) is 0 Å². The van der Waals surface area contributed by atoms with Crippen LogP contribution < -0.4 is 11.1 Å². The molecule has 0 aliphatic carbocycles. The lowest BCUT2D eigenvalue weighted by Crippen LogP contribution is -2.19. The molecule has 0 saturated heterocycles. The van der Waals surface area contributed by atoms with Gasteiger partial charge in [0.1, 0.15) is 5.82 Å². The molecule has 0 aromatic heterocycles. The number of halogens is 2. The molecule has 0 saturated carbocycles. The number of primary amides is 1. The molecule has 0 spiro atoms. The largest absolute Gasteiger partial charge is 0.366 e. The van der Waals surface area contributed by atoms with E-state index in [1.54, 1.807) is 30.3 Å². The van der Waals surface area contributed by atoms with Gasteiger partial charge in [-0.2, -0.15) is 0 Å². The van der Waals surface area contributed by atoms with E-state index >= 15 is 0 Å². The number of rotatable bonds is 5. The Morgan fingerprint density at radius 3 is 2.76 bits per heavy atom. The SMILES string of the molecule is CC(NCc1cccc(C(N)=O)c1)c1ccc(F)c(Br)c1. The van der Waals surface area contributed by atoms with E-state index in [1.165, 1.54) is 6.07 Å². The van der Waals surface area contributed by atoms with Gasteiger partial charge >= 0.3 is 0 Å². The van der Waals surface area contributed by atoms with Crippen molar-refractivity contribution in [3.63, 3.8) is 0 Å². The van der Waals surface area contributed by atoms with Gasteiger partial charge < -0.3 is 11.1 Å². The van der Waals surface area contributed by atoms with Gasteiger partial charge in [0.25, 0.3) is 0 Å². The van der Waals surface area contributed by atoms with Crippen molar-refractivity contribution in [2.75, 3.05) is 0 Å². The summed E-state index contributed by atoms with van der Waals surface area (Å²) in [5, 5.41) is 3.33. The summed E-state index contributed by atoms with van der Waals surface area (Å²) in [4.78, 5) is 11.1. The maximum Gasteiger partial charge on any atom is 0.248 e. The summed E-state index contributed by atoms with van der Waals surface area (Å²) in [7, 11) is 0. The van der Waals surface area contributed by atoms with Crippen LogP contribution in [0.15, 0.2) is 46.9 Å². The molecule has 0 radical (unpaired) electrons. The van der Waals surface area contributed by atoms with E-state index in [1.807, 2.05) is 13.0 Å². The molecule has 0 aliphatic heterocycles. The lowest BCUT2D eigenvalue weighted by atomic mass is 10.1. The summed E-state index contributed by atoms with van der Waals surface area (Å²) in [6.07, 6.45) is 0. The summed E-state index contributed by atoms with van der Waals surface area (Å²) in [5.74, 6) is -0.715. The molecule has 1 amide bonds. The Bertz CT molecular complexity index is 660. The fourth-order valence-corrected chi connectivity index (χ4v) is 2.40. The first-order chi connectivity index (χ1) is 9.97. The van der Waals surface area contributed by atoms with Gasteiger partial charge in [0.15, 0.2) is 0 Å². The second kappa shape index (κ2) is 6.83. The molecule has 21 heavy (non-hydrogen) atoms. The van der Waals surface area contributed by atoms with E-state index in [9.17, 15) is 9.18 Å². The molecule has 110 valence electrons. The van der Waals surface area contributed by atoms with Crippen LogP contribution in [-0.2, 0) is 6.54 Å². The second-order valence-electron chi connectivity index (χ2n) is 4.84. The van der Waals surface area contributed by atoms with Crippen LogP contribution in [0.5, 0.6) is 0 Å². The highest BCUT2D eigenvalue weighted by Gasteiger charge is 2.08. The fourth-order valence-electron chi connectivity index (χ4n) is 2.01. The molecule has 5 heteroatoms. The molecule has 0 aliphatic rings. The Hall–Kier alpha value is -1.72. The molecule has 3 N–H and O–H groups in total. The number of nitrogens with two attached hydrogens (primary N) is 1. The number of nitrogens with one attached hydrogen (secondary N) is 1. The standard InChI is InChI=1S/C16H16BrFN2O/c1-10(12-5-6-15(18)14(17)8-12)20-9-11-3-2-4-13(7-11)16(19)21/h2-8,10,20H,9H2,1H3,(H2,19,21). The zero-order valence-electron chi connectivity index (χ0n) is 11.6. The highest BCUT2D eigenvalue weighted by atomic mass is 79.9. The number of carbonyl (C=O) groups excluding carboxylic acids is 1. The zero-order chi connectivity index (χ0) is 15.4. The minimum absolute atomic E-state index is 0.0548. The van der Waals surface area contributed by atoms with Crippen LogP contribution in [0.2, 0.25) is 0 Å². The Balaban J connectivity index is 2.03. The van der Waals surface area contributed by atoms with Crippen molar-refractivity contribution in [2.45, 2.75) is 19.5 Å². The third kappa shape index (κ3) is 4.12. The van der Waals surface area contributed by atoms with E-state index in [-0.39, 0.29) is 11.9 Å². The Morgan fingerprint density at radius 2 is 2.10 bits per heavy atom. The Morgan fingerprint density at radius 1 is 1.33 bits per heavy atom. The molecular formula is C16H16BrFN2O. The van der Waals surface area contributed by atoms with Gasteiger partial charge in [-0.3, -0.25) is 4.79 Å². The van der Waals surface area contributed by atoms with Crippen LogP contribution in [0, 0.1) is 5.82 Å². The van der Waals surface area contributed by atoms with Crippen molar-refractivity contribution in [3.05, 3.63) is 69.4 Å². The van der Waals surface area contributed by atoms with E-state index in [0.29, 0.717) is 16.6 Å². The second-order valence-corrected chi connectivity index (χ2v) is 5.70. The van der Waals surface area contributed by atoms with E-state index < -0.39 is 5.91 Å². The summed E-state index contributed by atoms with van der Waals surface area (Å²) >= 11 is 3.18. The van der Waals surface area contributed by atoms with Crippen LogP contribution in [0.4, 0.5) is 4.39 Å². The van der Waals surface area contributed by atoms with Gasteiger partial charge in [-0.15, -0.1) is 0 Å². The summed E-state index contributed by atoms with van der Waals surface area (Å²) in [5.41, 5.74) is 7.70. The minimum Gasteiger partial charge on any atom is -0.366 e. The van der Waals surface area contributed by atoms with E-state index in [2.05, 4.69) is 21.2 Å². The fraction of sp³-hybridized carbons (Fsp3) is 0.188. The number of benzene rings is 2. The molecule has 2 aromatic carbocycles. The van der Waals surface area contributed by atoms with Crippen LogP contribution in [0.1, 0.15) is 34.5 Å². The third-order valence-corrected chi connectivity index (χ3v) is 3.88. The molecule has 0 heterocycles. The average Bonchev–Trinajstić information content (AvgIpc) is 2.48. The Kier molecular flexibility index (Phi) is 5.09. The molecule has 0 bridgehead atoms. The van der Waals surface area contributed by atoms with Crippen molar-refractivity contribution in [2.24, 2.45) is 5.73 Å². The normalized spacial score (nSPS) is 12.1. The van der Waals surface area contributed by atoms with Crippen molar-refractivity contribution < 1.29 is 9.18 Å². The first-order valence-electron chi connectivity index (χ1n) is 6.54. The molecule has 1 unspecified atom stereocenters. The summed E-state index contributed by atoms with van der Waals surface area (Å²) < 4.78 is 13.7. The lowest BCUT2D eigenvalue weighted by Gasteiger charge is -2.15.